The number of aliphatic hydroxyl groups is 4. The molecule has 7 unspecified atom stereocenters. The molecule has 5 aliphatic carbocycles. The van der Waals surface area contributed by atoms with Gasteiger partial charge in [0, 0.05) is 75.2 Å². The number of aliphatic hydroxyl groups excluding tert-OH is 4. The average Bonchev–Trinajstić information content (AvgIpc) is 3.59. The Labute approximate surface area is 361 Å². The van der Waals surface area contributed by atoms with Crippen LogP contribution in [0.15, 0.2) is 0 Å². The Hall–Kier alpha value is -1.46. The van der Waals surface area contributed by atoms with Gasteiger partial charge in [-0.15, -0.1) is 0 Å². The predicted octanol–water partition coefficient (Wildman–Crippen LogP) is 2.23. The summed E-state index contributed by atoms with van der Waals surface area (Å²) in [6, 6.07) is -0.251. The largest absolute Gasteiger partial charge is 0.395 e. The molecule has 0 aromatic rings. The van der Waals surface area contributed by atoms with Crippen LogP contribution in [0.25, 0.3) is 0 Å². The number of ether oxygens (including phenoxy) is 1. The highest BCUT2D eigenvalue weighted by molar-refractivity contribution is 5.83. The summed E-state index contributed by atoms with van der Waals surface area (Å²) < 4.78 is 6.47. The number of carbonyl (C=O) groups is 2. The highest BCUT2D eigenvalue weighted by atomic mass is 16.7. The molecule has 16 atom stereocenters. The summed E-state index contributed by atoms with van der Waals surface area (Å²) in [5.74, 6) is 0.975. The van der Waals surface area contributed by atoms with Gasteiger partial charge in [0.15, 0.2) is 0 Å². The zero-order valence-electron chi connectivity index (χ0n) is 38.1. The molecule has 2 bridgehead atoms. The number of hydroxylamine groups is 2. The standard InChI is InChI=1S/C46H84N6O8/c1-28-38-22-33(46(38,3)4)23-39(28)49-45(58)42-41(29(2)56)40(27-55)60-52(42)25-30-11-10-13-37(43(30)59-7)31-19-32(21-36(20-31)51(15-17-53)16-18-54)44(57)48-35(26-50(5)6)24-34-12-8-9-14-47-34/h28-43,47,53-56H,8-27H2,1-7H3,(H,48,57)(H,49,58)/t28-,29-,30?,31?,32?,33+,34?,35-,36?,37?,38-,39-,40-,41-,42-,43?/m0/s1. The molecular formula is C46H84N6O8. The van der Waals surface area contributed by atoms with Gasteiger partial charge in [-0.25, -0.2) is 0 Å². The first-order chi connectivity index (χ1) is 28.7. The number of nitrogens with zero attached hydrogens (tertiary/aromatic N) is 3. The third-order valence-electron chi connectivity index (χ3n) is 16.6. The summed E-state index contributed by atoms with van der Waals surface area (Å²) in [4.78, 5) is 39.7. The zero-order chi connectivity index (χ0) is 43.3. The van der Waals surface area contributed by atoms with Gasteiger partial charge in [-0.1, -0.05) is 33.6 Å². The predicted molar refractivity (Wildman–Crippen MR) is 231 cm³/mol. The lowest BCUT2D eigenvalue weighted by molar-refractivity contribution is -0.193. The molecule has 0 spiro atoms. The maximum Gasteiger partial charge on any atom is 0.240 e. The van der Waals surface area contributed by atoms with Gasteiger partial charge in [-0.05, 0) is 127 Å². The van der Waals surface area contributed by atoms with Gasteiger partial charge < -0.3 is 46.0 Å². The maximum absolute atomic E-state index is 14.4. The number of hydrogen-bond donors (Lipinski definition) is 7. The van der Waals surface area contributed by atoms with E-state index in [1.54, 1.807) is 19.1 Å². The molecule has 60 heavy (non-hydrogen) atoms. The molecule has 5 saturated carbocycles. The quantitative estimate of drug-likeness (QED) is 0.101. The molecule has 7 aliphatic rings. The van der Waals surface area contributed by atoms with Crippen molar-refractivity contribution in [3.63, 3.8) is 0 Å². The van der Waals surface area contributed by atoms with Crippen LogP contribution in [0.3, 0.4) is 0 Å². The number of methoxy groups -OCH3 is 1. The van der Waals surface area contributed by atoms with Crippen molar-refractivity contribution in [1.82, 2.24) is 30.8 Å². The van der Waals surface area contributed by atoms with E-state index in [2.05, 4.69) is 60.6 Å². The number of fused-ring (bicyclic) bond motifs is 2. The minimum atomic E-state index is -0.865. The lowest BCUT2D eigenvalue weighted by atomic mass is 9.45. The van der Waals surface area contributed by atoms with Crippen LogP contribution in [0.2, 0.25) is 0 Å². The number of hydrogen-bond acceptors (Lipinski definition) is 12. The summed E-state index contributed by atoms with van der Waals surface area (Å²) in [6.45, 7) is 11.4. The van der Waals surface area contributed by atoms with E-state index in [4.69, 9.17) is 9.57 Å². The van der Waals surface area contributed by atoms with Crippen LogP contribution in [-0.4, -0.2) is 169 Å². The molecule has 7 N–H and O–H groups in total. The van der Waals surface area contributed by atoms with Gasteiger partial charge in [0.25, 0.3) is 0 Å². The molecular weight excluding hydrogens is 765 g/mol. The summed E-state index contributed by atoms with van der Waals surface area (Å²) >= 11 is 0. The number of carbonyl (C=O) groups excluding carboxylic acids is 2. The van der Waals surface area contributed by atoms with Gasteiger partial charge in [0.1, 0.15) is 12.1 Å². The molecule has 0 aromatic carbocycles. The molecule has 346 valence electrons. The summed E-state index contributed by atoms with van der Waals surface area (Å²) in [6.07, 6.45) is 9.92. The fourth-order valence-electron chi connectivity index (χ4n) is 13.4. The Balaban J connectivity index is 1.19. The maximum atomic E-state index is 14.4. The molecule has 14 heteroatoms. The summed E-state index contributed by atoms with van der Waals surface area (Å²) in [7, 11) is 5.89. The van der Waals surface area contributed by atoms with E-state index in [0.717, 1.165) is 64.5 Å². The number of rotatable bonds is 19. The summed E-state index contributed by atoms with van der Waals surface area (Å²) in [5, 5.41) is 54.1. The fraction of sp³-hybridized carbons (Fsp3) is 0.957. The van der Waals surface area contributed by atoms with Crippen LogP contribution < -0.4 is 16.0 Å². The number of likely N-dealkylation sites (N-methyl/N-ethyl adjacent to an activating group) is 1. The van der Waals surface area contributed by atoms with Crippen molar-refractivity contribution >= 4 is 11.8 Å². The number of amides is 2. The first-order valence-electron chi connectivity index (χ1n) is 23.9. The average molecular weight is 849 g/mol. The normalized spacial score (nSPS) is 39.3. The second kappa shape index (κ2) is 21.5. The van der Waals surface area contributed by atoms with Crippen molar-refractivity contribution in [3.8, 4) is 0 Å². The van der Waals surface area contributed by atoms with Crippen LogP contribution in [-0.2, 0) is 19.2 Å². The van der Waals surface area contributed by atoms with E-state index in [-0.39, 0.29) is 79.5 Å². The SMILES string of the molecule is COC1C(CN2O[C@@H](CO)[C@H]([C@H](C)O)[C@H]2C(=O)N[C@H]2C[C@H]3C[C@@H]([C@@H]2C)C3(C)C)CCCC1C1CC(C(=O)N[C@@H](CC2CCCCN2)CN(C)C)CC(N(CCO)CCO)C1. The third-order valence-corrected chi connectivity index (χ3v) is 16.6. The van der Waals surface area contributed by atoms with Crippen LogP contribution >= 0.6 is 0 Å². The topological polar surface area (TPSA) is 179 Å². The number of nitrogens with one attached hydrogen (secondary N) is 3. The molecule has 2 saturated heterocycles. The van der Waals surface area contributed by atoms with Crippen molar-refractivity contribution in [2.24, 2.45) is 52.8 Å². The number of piperidine rings is 1. The molecule has 14 nitrogen and oxygen atoms in total. The van der Waals surface area contributed by atoms with Crippen LogP contribution in [0.1, 0.15) is 105 Å². The Kier molecular flexibility index (Phi) is 17.2. The van der Waals surface area contributed by atoms with Crippen molar-refractivity contribution in [3.05, 3.63) is 0 Å². The Bertz CT molecular complexity index is 1360. The van der Waals surface area contributed by atoms with Gasteiger partial charge >= 0.3 is 0 Å². The third kappa shape index (κ3) is 10.9. The highest BCUT2D eigenvalue weighted by Gasteiger charge is 2.58. The van der Waals surface area contributed by atoms with E-state index < -0.39 is 24.2 Å². The van der Waals surface area contributed by atoms with E-state index in [1.165, 1.54) is 19.3 Å². The minimum Gasteiger partial charge on any atom is -0.395 e. The minimum absolute atomic E-state index is 0.0179. The first-order valence-corrected chi connectivity index (χ1v) is 23.9. The molecule has 2 aliphatic heterocycles. The second-order valence-electron chi connectivity index (χ2n) is 21.0. The molecule has 2 amide bonds. The van der Waals surface area contributed by atoms with Gasteiger partial charge in [-0.3, -0.25) is 19.3 Å². The van der Waals surface area contributed by atoms with Crippen LogP contribution in [0.4, 0.5) is 0 Å². The van der Waals surface area contributed by atoms with Gasteiger partial charge in [0.2, 0.25) is 11.8 Å². The fourth-order valence-corrected chi connectivity index (χ4v) is 13.4. The van der Waals surface area contributed by atoms with E-state index in [9.17, 15) is 30.0 Å². The van der Waals surface area contributed by atoms with Crippen molar-refractivity contribution in [2.75, 3.05) is 73.7 Å². The van der Waals surface area contributed by atoms with Crippen molar-refractivity contribution < 1.29 is 39.6 Å². The van der Waals surface area contributed by atoms with E-state index in [1.807, 2.05) is 0 Å². The molecule has 7 rings (SSSR count). The lowest BCUT2D eigenvalue weighted by Gasteiger charge is -2.62. The summed E-state index contributed by atoms with van der Waals surface area (Å²) in [5.41, 5.74) is 0.291. The lowest BCUT2D eigenvalue weighted by Crippen LogP contribution is -2.62. The second-order valence-corrected chi connectivity index (χ2v) is 21.0. The van der Waals surface area contributed by atoms with E-state index in [0.29, 0.717) is 55.3 Å². The Morgan fingerprint density at radius 1 is 0.983 bits per heavy atom. The Morgan fingerprint density at radius 2 is 1.73 bits per heavy atom. The molecule has 7 fully saturated rings. The van der Waals surface area contributed by atoms with E-state index >= 15 is 0 Å². The zero-order valence-corrected chi connectivity index (χ0v) is 38.1. The highest BCUT2D eigenvalue weighted by Crippen LogP contribution is 2.61. The monoisotopic (exact) mass is 849 g/mol. The van der Waals surface area contributed by atoms with Crippen LogP contribution in [0, 0.1) is 52.8 Å². The molecule has 0 radical (unpaired) electrons. The van der Waals surface area contributed by atoms with Crippen LogP contribution in [0.5, 0.6) is 0 Å². The molecule has 2 heterocycles. The Morgan fingerprint density at radius 3 is 2.33 bits per heavy atom. The smallest absolute Gasteiger partial charge is 0.240 e. The van der Waals surface area contributed by atoms with Gasteiger partial charge in [0.05, 0.1) is 32.0 Å². The van der Waals surface area contributed by atoms with Crippen molar-refractivity contribution in [1.29, 1.82) is 0 Å². The van der Waals surface area contributed by atoms with Crippen molar-refractivity contribution in [2.45, 2.75) is 153 Å². The molecule has 0 aromatic heterocycles. The first kappa shape index (κ1) is 48.0. The van der Waals surface area contributed by atoms with Gasteiger partial charge in [-0.2, -0.15) is 5.06 Å².